The number of carbonyl (C=O) groups is 1. The van der Waals surface area contributed by atoms with Gasteiger partial charge in [0.1, 0.15) is 5.70 Å². The fourth-order valence-electron chi connectivity index (χ4n) is 2.91. The number of hydrogen-bond donors (Lipinski definition) is 1. The highest BCUT2D eigenvalue weighted by Crippen LogP contribution is 2.35. The number of amidine groups is 1. The number of hydrogen-bond acceptors (Lipinski definition) is 6. The van der Waals surface area contributed by atoms with E-state index in [1.54, 1.807) is 28.1 Å². The number of thioether (sulfide) groups is 1. The molecule has 0 saturated carbocycles. The number of benzene rings is 1. The van der Waals surface area contributed by atoms with Gasteiger partial charge in [-0.3, -0.25) is 15.1 Å². The van der Waals surface area contributed by atoms with Gasteiger partial charge in [-0.1, -0.05) is 36.9 Å². The molecule has 1 amide bonds. The smallest absolute Gasteiger partial charge is 0.276 e. The fourth-order valence-corrected chi connectivity index (χ4v) is 4.57. The number of nitrogens with zero attached hydrogens (tertiary/aromatic N) is 3. The maximum atomic E-state index is 12.8. The Bertz CT molecular complexity index is 979. The minimum atomic E-state index is -0.298. The molecule has 2 aromatic rings. The summed E-state index contributed by atoms with van der Waals surface area (Å²) in [5.74, 6) is 0.800. The van der Waals surface area contributed by atoms with Gasteiger partial charge in [0.25, 0.3) is 5.91 Å². The van der Waals surface area contributed by atoms with E-state index in [4.69, 9.17) is 10.1 Å². The lowest BCUT2D eigenvalue weighted by Gasteiger charge is -2.33. The van der Waals surface area contributed by atoms with Crippen LogP contribution in [0.5, 0.6) is 0 Å². The molecule has 0 radical (unpaired) electrons. The summed E-state index contributed by atoms with van der Waals surface area (Å²) >= 11 is 3.22. The predicted molar refractivity (Wildman–Crippen MR) is 103 cm³/mol. The van der Waals surface area contributed by atoms with Crippen molar-refractivity contribution < 1.29 is 4.79 Å². The molecule has 0 spiro atoms. The summed E-state index contributed by atoms with van der Waals surface area (Å²) in [4.78, 5) is 18.9. The Hall–Kier alpha value is -2.12. The van der Waals surface area contributed by atoms with Crippen LogP contribution in [-0.4, -0.2) is 21.8 Å². The van der Waals surface area contributed by atoms with Crippen LogP contribution in [-0.2, 0) is 4.79 Å². The molecule has 2 aliphatic heterocycles. The van der Waals surface area contributed by atoms with Gasteiger partial charge in [-0.15, -0.1) is 16.4 Å². The second kappa shape index (κ2) is 6.65. The largest absolute Gasteiger partial charge is 0.298 e. The van der Waals surface area contributed by atoms with E-state index >= 15 is 0 Å². The van der Waals surface area contributed by atoms with Crippen LogP contribution >= 0.6 is 23.1 Å². The van der Waals surface area contributed by atoms with Crippen molar-refractivity contribution in [2.75, 3.05) is 5.75 Å². The van der Waals surface area contributed by atoms with Crippen molar-refractivity contribution in [3.63, 3.8) is 0 Å². The lowest BCUT2D eigenvalue weighted by atomic mass is 10.1. The topological polar surface area (TPSA) is 57.1 Å². The predicted octanol–water partition coefficient (Wildman–Crippen LogP) is 2.34. The quantitative estimate of drug-likeness (QED) is 0.902. The number of nitrogens with one attached hydrogen (secondary N) is 1. The third-order valence-electron chi connectivity index (χ3n) is 4.09. The fraction of sp³-hybridized carbons (Fsp3) is 0.278. The Labute approximate surface area is 154 Å². The third kappa shape index (κ3) is 2.87. The summed E-state index contributed by atoms with van der Waals surface area (Å²) < 4.78 is 0. The summed E-state index contributed by atoms with van der Waals surface area (Å²) in [6.45, 7) is 4.18. The summed E-state index contributed by atoms with van der Waals surface area (Å²) in [7, 11) is 0. The number of rotatable bonds is 3. The number of hydrazone groups is 1. The standard InChI is InChI=1S/C18H18N4OS2/c1-3-9-25-18-20-17(23)14-12-6-4-5-7-13(12)19-16(22(14)21-18)15-11(2)8-10-24-15/h4-8,10,16H,3,9H2,1-2H3,(H,20,21,23)/t16-/m0/s1. The monoisotopic (exact) mass is 370 g/mol. The van der Waals surface area contributed by atoms with Crippen molar-refractivity contribution in [2.45, 2.75) is 26.4 Å². The molecule has 128 valence electrons. The van der Waals surface area contributed by atoms with Crippen LogP contribution in [0.1, 0.15) is 30.0 Å². The molecule has 3 heterocycles. The molecule has 0 bridgehead atoms. The van der Waals surface area contributed by atoms with E-state index < -0.39 is 0 Å². The second-order valence-corrected chi connectivity index (χ2v) is 7.92. The number of amides is 1. The molecule has 0 fully saturated rings. The first-order valence-electron chi connectivity index (χ1n) is 8.22. The van der Waals surface area contributed by atoms with Gasteiger partial charge in [0.2, 0.25) is 0 Å². The molecule has 0 aliphatic carbocycles. The normalized spacial score (nSPS) is 18.9. The maximum absolute atomic E-state index is 12.8. The maximum Gasteiger partial charge on any atom is 0.276 e. The minimum Gasteiger partial charge on any atom is -0.298 e. The van der Waals surface area contributed by atoms with Crippen molar-refractivity contribution in [3.8, 4) is 0 Å². The van der Waals surface area contributed by atoms with Crippen LogP contribution in [0.2, 0.25) is 0 Å². The lowest BCUT2D eigenvalue weighted by molar-refractivity contribution is -0.116. The van der Waals surface area contributed by atoms with Crippen molar-refractivity contribution in [1.29, 1.82) is 0 Å². The number of thiophene rings is 1. The van der Waals surface area contributed by atoms with Crippen molar-refractivity contribution >= 4 is 39.9 Å². The summed E-state index contributed by atoms with van der Waals surface area (Å²) in [5, 5.41) is 13.8. The number of carbonyl (C=O) groups excluding carboxylic acids is 1. The van der Waals surface area contributed by atoms with Crippen LogP contribution < -0.4 is 15.9 Å². The number of para-hydroxylation sites is 1. The second-order valence-electron chi connectivity index (χ2n) is 5.89. The third-order valence-corrected chi connectivity index (χ3v) is 6.22. The molecular weight excluding hydrogens is 352 g/mol. The molecule has 0 saturated heterocycles. The van der Waals surface area contributed by atoms with Gasteiger partial charge in [0.05, 0.1) is 10.2 Å². The summed E-state index contributed by atoms with van der Waals surface area (Å²) in [5.41, 5.74) is 1.74. The molecule has 1 aromatic carbocycles. The first kappa shape index (κ1) is 16.4. The number of fused-ring (bicyclic) bond motifs is 2. The van der Waals surface area contributed by atoms with Gasteiger partial charge < -0.3 is 0 Å². The molecular formula is C18H18N4OS2. The Balaban J connectivity index is 1.91. The Kier molecular flexibility index (Phi) is 4.35. The van der Waals surface area contributed by atoms with E-state index in [0.717, 1.165) is 27.6 Å². The van der Waals surface area contributed by atoms with Crippen LogP contribution in [0.3, 0.4) is 0 Å². The Morgan fingerprint density at radius 2 is 2.16 bits per heavy atom. The molecule has 7 heteroatoms. The first-order chi connectivity index (χ1) is 12.2. The van der Waals surface area contributed by atoms with E-state index in [0.29, 0.717) is 10.9 Å². The van der Waals surface area contributed by atoms with Gasteiger partial charge in [-0.25, -0.2) is 5.01 Å². The van der Waals surface area contributed by atoms with Gasteiger partial charge >= 0.3 is 0 Å². The van der Waals surface area contributed by atoms with E-state index in [9.17, 15) is 4.79 Å². The van der Waals surface area contributed by atoms with Gasteiger partial charge in [0.15, 0.2) is 11.3 Å². The average Bonchev–Trinajstić information content (AvgIpc) is 3.04. The molecule has 1 N–H and O–H groups in total. The summed E-state index contributed by atoms with van der Waals surface area (Å²) in [6, 6.07) is 9.83. The number of aryl methyl sites for hydroxylation is 1. The van der Waals surface area contributed by atoms with E-state index in [1.165, 1.54) is 5.56 Å². The van der Waals surface area contributed by atoms with Crippen LogP contribution in [0, 0.1) is 6.92 Å². The highest BCUT2D eigenvalue weighted by molar-refractivity contribution is 8.13. The van der Waals surface area contributed by atoms with E-state index in [1.807, 2.05) is 24.3 Å². The highest BCUT2D eigenvalue weighted by Gasteiger charge is 2.35. The first-order valence-corrected chi connectivity index (χ1v) is 10.1. The minimum absolute atomic E-state index is 0.116. The molecule has 0 unspecified atom stereocenters. The van der Waals surface area contributed by atoms with Gasteiger partial charge in [-0.05, 0) is 36.4 Å². The lowest BCUT2D eigenvalue weighted by Crippen LogP contribution is -2.50. The van der Waals surface area contributed by atoms with Gasteiger partial charge in [0, 0.05) is 11.0 Å². The average molecular weight is 371 g/mol. The van der Waals surface area contributed by atoms with Crippen molar-refractivity contribution in [3.05, 3.63) is 56.7 Å². The zero-order valence-corrected chi connectivity index (χ0v) is 15.7. The Morgan fingerprint density at radius 1 is 1.32 bits per heavy atom. The molecule has 4 rings (SSSR count). The van der Waals surface area contributed by atoms with Crippen LogP contribution in [0.4, 0.5) is 0 Å². The molecule has 25 heavy (non-hydrogen) atoms. The molecule has 1 atom stereocenters. The van der Waals surface area contributed by atoms with Crippen molar-refractivity contribution in [1.82, 2.24) is 10.3 Å². The Morgan fingerprint density at radius 3 is 2.92 bits per heavy atom. The van der Waals surface area contributed by atoms with Crippen LogP contribution in [0.25, 0.3) is 5.70 Å². The van der Waals surface area contributed by atoms with E-state index in [-0.39, 0.29) is 12.1 Å². The van der Waals surface area contributed by atoms with E-state index in [2.05, 4.69) is 30.6 Å². The van der Waals surface area contributed by atoms with Crippen molar-refractivity contribution in [2.24, 2.45) is 10.1 Å². The SMILES string of the molecule is CCCSC1=NN2C(=c3ccccc3=N[C@@H]2c2sccc2C)C(=O)N1. The van der Waals surface area contributed by atoms with Crippen LogP contribution in [0.15, 0.2) is 45.8 Å². The molecule has 2 aliphatic rings. The zero-order valence-electron chi connectivity index (χ0n) is 14.0. The molecule has 1 aromatic heterocycles. The summed E-state index contributed by atoms with van der Waals surface area (Å²) in [6.07, 6.45) is 0.727. The molecule has 5 nitrogen and oxygen atoms in total. The zero-order chi connectivity index (χ0) is 17.4. The highest BCUT2D eigenvalue weighted by atomic mass is 32.2. The van der Waals surface area contributed by atoms with Gasteiger partial charge in [-0.2, -0.15) is 0 Å².